The van der Waals surface area contributed by atoms with Gasteiger partial charge in [0, 0.05) is 43.1 Å². The molecule has 0 spiro atoms. The quantitative estimate of drug-likeness (QED) is 0.681. The number of amides is 2. The van der Waals surface area contributed by atoms with Crippen LogP contribution in [0.5, 0.6) is 0 Å². The Morgan fingerprint density at radius 2 is 1.76 bits per heavy atom. The number of aryl methyl sites for hydroxylation is 3. The van der Waals surface area contributed by atoms with Gasteiger partial charge in [0.1, 0.15) is 0 Å². The number of aromatic nitrogens is 2. The molecule has 1 aliphatic heterocycles. The van der Waals surface area contributed by atoms with Crippen LogP contribution in [0.3, 0.4) is 0 Å². The van der Waals surface area contributed by atoms with Crippen LogP contribution in [0, 0.1) is 20.8 Å². The fourth-order valence-corrected chi connectivity index (χ4v) is 4.53. The summed E-state index contributed by atoms with van der Waals surface area (Å²) in [6, 6.07) is 12.3. The van der Waals surface area contributed by atoms with Crippen molar-refractivity contribution < 1.29 is 4.79 Å². The molecule has 6 nitrogen and oxygen atoms in total. The third-order valence-corrected chi connectivity index (χ3v) is 5.90. The zero-order chi connectivity index (χ0) is 20.4. The van der Waals surface area contributed by atoms with Crippen LogP contribution >= 0.6 is 11.3 Å². The molecule has 7 heteroatoms. The van der Waals surface area contributed by atoms with Gasteiger partial charge in [-0.3, -0.25) is 10.3 Å². The molecule has 150 valence electrons. The van der Waals surface area contributed by atoms with Gasteiger partial charge in [0.25, 0.3) is 0 Å². The van der Waals surface area contributed by atoms with Crippen molar-refractivity contribution >= 4 is 22.5 Å². The van der Waals surface area contributed by atoms with Crippen LogP contribution in [0.1, 0.15) is 17.0 Å². The standard InChI is InChI=1S/C22H25N5OS/c1-14-5-4-6-17(11-14)19-20(18-12-15(2)24-16(3)13-18)29-21(25-19)26-22(28)27-9-7-23-8-10-27/h4-6,11-13,23H,7-10H2,1-3H3,(H,25,26,28). The van der Waals surface area contributed by atoms with Crippen LogP contribution in [-0.2, 0) is 0 Å². The highest BCUT2D eigenvalue weighted by atomic mass is 32.1. The molecule has 0 bridgehead atoms. The second-order valence-electron chi connectivity index (χ2n) is 7.37. The van der Waals surface area contributed by atoms with Gasteiger partial charge in [0.05, 0.1) is 10.6 Å². The van der Waals surface area contributed by atoms with Gasteiger partial charge in [-0.05, 0) is 44.5 Å². The number of thiazole rings is 1. The molecule has 2 aromatic heterocycles. The summed E-state index contributed by atoms with van der Waals surface area (Å²) in [5.41, 5.74) is 6.12. The minimum absolute atomic E-state index is 0.0929. The van der Waals surface area contributed by atoms with Gasteiger partial charge in [0.2, 0.25) is 0 Å². The van der Waals surface area contributed by atoms with Gasteiger partial charge in [-0.1, -0.05) is 35.1 Å². The van der Waals surface area contributed by atoms with Gasteiger partial charge in [0.15, 0.2) is 5.13 Å². The molecule has 0 radical (unpaired) electrons. The maximum atomic E-state index is 12.7. The first kappa shape index (κ1) is 19.5. The van der Waals surface area contributed by atoms with E-state index < -0.39 is 0 Å². The molecule has 1 aromatic carbocycles. The molecule has 1 aliphatic rings. The largest absolute Gasteiger partial charge is 0.323 e. The number of piperazine rings is 1. The smallest absolute Gasteiger partial charge is 0.322 e. The molecule has 2 N–H and O–H groups in total. The lowest BCUT2D eigenvalue weighted by atomic mass is 10.0. The highest BCUT2D eigenvalue weighted by Gasteiger charge is 2.20. The molecule has 0 atom stereocenters. The number of carbonyl (C=O) groups is 1. The second-order valence-corrected chi connectivity index (χ2v) is 8.37. The van der Waals surface area contributed by atoms with Crippen molar-refractivity contribution in [2.75, 3.05) is 31.5 Å². The first-order valence-electron chi connectivity index (χ1n) is 9.80. The summed E-state index contributed by atoms with van der Waals surface area (Å²) in [6.45, 7) is 9.12. The number of hydrogen-bond donors (Lipinski definition) is 2. The van der Waals surface area contributed by atoms with Gasteiger partial charge >= 0.3 is 6.03 Å². The van der Waals surface area contributed by atoms with E-state index in [1.807, 2.05) is 24.8 Å². The van der Waals surface area contributed by atoms with E-state index >= 15 is 0 Å². The highest BCUT2D eigenvalue weighted by Crippen LogP contribution is 2.39. The minimum Gasteiger partial charge on any atom is -0.322 e. The summed E-state index contributed by atoms with van der Waals surface area (Å²) in [5, 5.41) is 6.89. The van der Waals surface area contributed by atoms with Crippen molar-refractivity contribution in [3.63, 3.8) is 0 Å². The fraction of sp³-hybridized carbons (Fsp3) is 0.318. The number of pyridine rings is 1. The predicted molar refractivity (Wildman–Crippen MR) is 118 cm³/mol. The Balaban J connectivity index is 1.73. The maximum absolute atomic E-state index is 12.7. The van der Waals surface area contributed by atoms with Crippen molar-refractivity contribution in [3.05, 3.63) is 53.3 Å². The summed E-state index contributed by atoms with van der Waals surface area (Å²) in [7, 11) is 0. The zero-order valence-corrected chi connectivity index (χ0v) is 17.8. The van der Waals surface area contributed by atoms with E-state index in [9.17, 15) is 4.79 Å². The van der Waals surface area contributed by atoms with Crippen LogP contribution in [0.4, 0.5) is 9.93 Å². The van der Waals surface area contributed by atoms with Gasteiger partial charge < -0.3 is 10.2 Å². The molecule has 4 rings (SSSR count). The summed E-state index contributed by atoms with van der Waals surface area (Å²) >= 11 is 1.51. The van der Waals surface area contributed by atoms with Crippen LogP contribution in [0.15, 0.2) is 36.4 Å². The predicted octanol–water partition coefficient (Wildman–Crippen LogP) is 4.23. The van der Waals surface area contributed by atoms with E-state index in [0.29, 0.717) is 18.2 Å². The molecule has 3 heterocycles. The van der Waals surface area contributed by atoms with E-state index in [4.69, 9.17) is 4.98 Å². The van der Waals surface area contributed by atoms with E-state index in [1.54, 1.807) is 0 Å². The Kier molecular flexibility index (Phi) is 5.60. The average molecular weight is 408 g/mol. The van der Waals surface area contributed by atoms with Crippen molar-refractivity contribution in [2.24, 2.45) is 0 Å². The summed E-state index contributed by atoms with van der Waals surface area (Å²) in [4.78, 5) is 24.8. The number of benzene rings is 1. The number of hydrogen-bond acceptors (Lipinski definition) is 5. The Morgan fingerprint density at radius 1 is 1.03 bits per heavy atom. The third kappa shape index (κ3) is 4.46. The SMILES string of the molecule is Cc1cccc(-c2nc(NC(=O)N3CCNCC3)sc2-c2cc(C)nc(C)c2)c1. The molecule has 0 unspecified atom stereocenters. The Morgan fingerprint density at radius 3 is 2.45 bits per heavy atom. The number of rotatable bonds is 3. The first-order chi connectivity index (χ1) is 14.0. The monoisotopic (exact) mass is 407 g/mol. The van der Waals surface area contributed by atoms with E-state index in [1.165, 1.54) is 16.9 Å². The number of urea groups is 1. The minimum atomic E-state index is -0.0929. The number of carbonyl (C=O) groups excluding carboxylic acids is 1. The topological polar surface area (TPSA) is 70.2 Å². The van der Waals surface area contributed by atoms with Crippen molar-refractivity contribution in [1.82, 2.24) is 20.2 Å². The highest BCUT2D eigenvalue weighted by molar-refractivity contribution is 7.19. The molecule has 29 heavy (non-hydrogen) atoms. The number of nitrogens with zero attached hydrogens (tertiary/aromatic N) is 3. The summed E-state index contributed by atoms with van der Waals surface area (Å²) in [5.74, 6) is 0. The number of anilines is 1. The number of nitrogens with one attached hydrogen (secondary N) is 2. The van der Waals surface area contributed by atoms with Crippen molar-refractivity contribution in [3.8, 4) is 21.7 Å². The molecule has 2 amide bonds. The molecule has 1 saturated heterocycles. The van der Waals surface area contributed by atoms with Crippen LogP contribution < -0.4 is 10.6 Å². The third-order valence-electron chi connectivity index (χ3n) is 4.88. The maximum Gasteiger partial charge on any atom is 0.323 e. The van der Waals surface area contributed by atoms with E-state index in [0.717, 1.165) is 46.2 Å². The van der Waals surface area contributed by atoms with Gasteiger partial charge in [-0.2, -0.15) is 0 Å². The van der Waals surface area contributed by atoms with Crippen molar-refractivity contribution in [1.29, 1.82) is 0 Å². The molecule has 1 fully saturated rings. The van der Waals surface area contributed by atoms with Crippen LogP contribution in [-0.4, -0.2) is 47.1 Å². The zero-order valence-electron chi connectivity index (χ0n) is 17.0. The molecular weight excluding hydrogens is 382 g/mol. The lowest BCUT2D eigenvalue weighted by Crippen LogP contribution is -2.48. The summed E-state index contributed by atoms with van der Waals surface area (Å²) in [6.07, 6.45) is 0. The lowest BCUT2D eigenvalue weighted by Gasteiger charge is -2.26. The first-order valence-corrected chi connectivity index (χ1v) is 10.6. The normalized spacial score (nSPS) is 14.1. The van der Waals surface area contributed by atoms with Crippen LogP contribution in [0.2, 0.25) is 0 Å². The second kappa shape index (κ2) is 8.31. The molecule has 0 saturated carbocycles. The van der Waals surface area contributed by atoms with Gasteiger partial charge in [-0.25, -0.2) is 9.78 Å². The summed E-state index contributed by atoms with van der Waals surface area (Å²) < 4.78 is 0. The lowest BCUT2D eigenvalue weighted by molar-refractivity contribution is 0.204. The Hall–Kier alpha value is -2.77. The average Bonchev–Trinajstić information content (AvgIpc) is 3.12. The molecular formula is C22H25N5OS. The fourth-order valence-electron chi connectivity index (χ4n) is 3.56. The van der Waals surface area contributed by atoms with Crippen molar-refractivity contribution in [2.45, 2.75) is 20.8 Å². The molecule has 3 aromatic rings. The van der Waals surface area contributed by atoms with E-state index in [2.05, 4.69) is 52.9 Å². The Bertz CT molecular complexity index is 1020. The Labute approximate surface area is 175 Å². The molecule has 0 aliphatic carbocycles. The van der Waals surface area contributed by atoms with E-state index in [-0.39, 0.29) is 6.03 Å². The van der Waals surface area contributed by atoms with Crippen LogP contribution in [0.25, 0.3) is 21.7 Å². The van der Waals surface area contributed by atoms with Gasteiger partial charge in [-0.15, -0.1) is 0 Å².